The third-order valence-electron chi connectivity index (χ3n) is 2.96. The lowest BCUT2D eigenvalue weighted by molar-refractivity contribution is 1.46. The molecule has 0 bridgehead atoms. The van der Waals surface area contributed by atoms with Crippen LogP contribution in [0.3, 0.4) is 0 Å². The summed E-state index contributed by atoms with van der Waals surface area (Å²) in [5.41, 5.74) is 3.39. The molecule has 1 aliphatic rings. The summed E-state index contributed by atoms with van der Waals surface area (Å²) in [5, 5.41) is 33.7. The second-order valence-corrected chi connectivity index (χ2v) is 4.18. The van der Waals surface area contributed by atoms with Crippen LogP contribution in [-0.2, 0) is 0 Å². The molecule has 4 nitrogen and oxygen atoms in total. The Morgan fingerprint density at radius 2 is 1.67 bits per heavy atom. The third kappa shape index (κ3) is 2.70. The SMILES string of the molecule is N#CC(=C=N)/C=C1/C=C(C=C(C#N)C#N)c2ccccc21. The molecule has 1 aromatic carbocycles. The first-order valence-electron chi connectivity index (χ1n) is 5.98. The maximum absolute atomic E-state index is 8.89. The van der Waals surface area contributed by atoms with Crippen molar-refractivity contribution in [2.24, 2.45) is 0 Å². The summed E-state index contributed by atoms with van der Waals surface area (Å²) >= 11 is 0. The van der Waals surface area contributed by atoms with E-state index >= 15 is 0 Å². The average Bonchev–Trinajstić information content (AvgIpc) is 2.88. The topological polar surface area (TPSA) is 95.2 Å². The Balaban J connectivity index is 2.63. The predicted octanol–water partition coefficient (Wildman–Crippen LogP) is 3.14. The largest absolute Gasteiger partial charge is 0.258 e. The standard InChI is InChI=1S/C17H8N4/c18-8-12(9-19)5-14-7-15(6-13(10-20)11-21)17-4-2-1-3-16(14)17/h1-7,18H/b14-5-. The molecule has 0 fully saturated rings. The van der Waals surface area contributed by atoms with Gasteiger partial charge in [0, 0.05) is 0 Å². The summed E-state index contributed by atoms with van der Waals surface area (Å²) in [6.45, 7) is 0. The van der Waals surface area contributed by atoms with Crippen LogP contribution in [0.25, 0.3) is 11.1 Å². The van der Waals surface area contributed by atoms with Gasteiger partial charge in [0.1, 0.15) is 29.4 Å². The van der Waals surface area contributed by atoms with Gasteiger partial charge in [0.05, 0.1) is 0 Å². The minimum Gasteiger partial charge on any atom is -0.258 e. The Morgan fingerprint density at radius 1 is 1.00 bits per heavy atom. The van der Waals surface area contributed by atoms with Crippen molar-refractivity contribution in [3.63, 3.8) is 0 Å². The first-order valence-corrected chi connectivity index (χ1v) is 5.98. The highest BCUT2D eigenvalue weighted by Crippen LogP contribution is 2.36. The van der Waals surface area contributed by atoms with Crippen molar-refractivity contribution in [2.75, 3.05) is 0 Å². The highest BCUT2D eigenvalue weighted by molar-refractivity contribution is 6.00. The van der Waals surface area contributed by atoms with Gasteiger partial charge in [0.15, 0.2) is 0 Å². The second-order valence-electron chi connectivity index (χ2n) is 4.18. The van der Waals surface area contributed by atoms with E-state index in [9.17, 15) is 0 Å². The molecule has 0 aliphatic heterocycles. The summed E-state index contributed by atoms with van der Waals surface area (Å²) in [6, 6.07) is 13.0. The highest BCUT2D eigenvalue weighted by atomic mass is 14.3. The van der Waals surface area contributed by atoms with E-state index in [4.69, 9.17) is 21.2 Å². The van der Waals surface area contributed by atoms with E-state index in [1.54, 1.807) is 12.2 Å². The molecular formula is C17H8N4. The normalized spacial score (nSPS) is 13.0. The Kier molecular flexibility index (Phi) is 3.94. The smallest absolute Gasteiger partial charge is 0.130 e. The average molecular weight is 268 g/mol. The molecule has 0 aromatic heterocycles. The van der Waals surface area contributed by atoms with Gasteiger partial charge < -0.3 is 0 Å². The summed E-state index contributed by atoms with van der Waals surface area (Å²) in [4.78, 5) is 0. The fourth-order valence-electron chi connectivity index (χ4n) is 2.05. The molecule has 0 spiro atoms. The minimum absolute atomic E-state index is 0.0143. The van der Waals surface area contributed by atoms with Crippen LogP contribution in [0.5, 0.6) is 0 Å². The number of benzene rings is 1. The van der Waals surface area contributed by atoms with E-state index in [0.29, 0.717) is 0 Å². The molecule has 0 heterocycles. The van der Waals surface area contributed by atoms with Crippen LogP contribution in [-0.4, -0.2) is 5.87 Å². The lowest BCUT2D eigenvalue weighted by atomic mass is 10.0. The summed E-state index contributed by atoms with van der Waals surface area (Å²) in [5.74, 6) is 2.07. The quantitative estimate of drug-likeness (QED) is 0.659. The number of fused-ring (bicyclic) bond motifs is 1. The molecule has 96 valence electrons. The molecule has 0 radical (unpaired) electrons. The highest BCUT2D eigenvalue weighted by Gasteiger charge is 2.17. The van der Waals surface area contributed by atoms with Gasteiger partial charge >= 0.3 is 0 Å². The number of hydrogen-bond donors (Lipinski definition) is 1. The fraction of sp³-hybridized carbons (Fsp3) is 0. The number of allylic oxidation sites excluding steroid dienone is 7. The molecule has 0 atom stereocenters. The van der Waals surface area contributed by atoms with Gasteiger partial charge in [-0.05, 0) is 46.4 Å². The second kappa shape index (κ2) is 6.00. The Morgan fingerprint density at radius 3 is 2.24 bits per heavy atom. The van der Waals surface area contributed by atoms with Crippen LogP contribution in [0.4, 0.5) is 0 Å². The molecule has 0 amide bonds. The maximum Gasteiger partial charge on any atom is 0.130 e. The number of rotatable bonds is 2. The van der Waals surface area contributed by atoms with Gasteiger partial charge in [-0.25, -0.2) is 0 Å². The molecule has 2 rings (SSSR count). The number of nitrogens with one attached hydrogen (secondary N) is 1. The summed E-state index contributed by atoms with van der Waals surface area (Å²) < 4.78 is 0. The van der Waals surface area contributed by atoms with E-state index in [-0.39, 0.29) is 11.1 Å². The molecule has 1 aliphatic carbocycles. The fourth-order valence-corrected chi connectivity index (χ4v) is 2.05. The van der Waals surface area contributed by atoms with Crippen LogP contribution in [0.2, 0.25) is 0 Å². The third-order valence-corrected chi connectivity index (χ3v) is 2.96. The maximum atomic E-state index is 8.89. The van der Waals surface area contributed by atoms with Crippen LogP contribution < -0.4 is 0 Å². The molecular weight excluding hydrogens is 260 g/mol. The van der Waals surface area contributed by atoms with Gasteiger partial charge in [0.2, 0.25) is 0 Å². The van der Waals surface area contributed by atoms with Gasteiger partial charge in [0.25, 0.3) is 0 Å². The van der Waals surface area contributed by atoms with Crippen molar-refractivity contribution in [2.45, 2.75) is 0 Å². The van der Waals surface area contributed by atoms with E-state index < -0.39 is 0 Å². The molecule has 0 unspecified atom stereocenters. The zero-order chi connectivity index (χ0) is 15.2. The van der Waals surface area contributed by atoms with Crippen LogP contribution >= 0.6 is 0 Å². The first-order chi connectivity index (χ1) is 10.2. The van der Waals surface area contributed by atoms with Crippen molar-refractivity contribution in [1.29, 1.82) is 21.2 Å². The van der Waals surface area contributed by atoms with E-state index in [2.05, 4.69) is 5.87 Å². The Bertz CT molecular complexity index is 855. The lowest BCUT2D eigenvalue weighted by Gasteiger charge is -2.01. The summed E-state index contributed by atoms with van der Waals surface area (Å²) in [6.07, 6.45) is 4.86. The van der Waals surface area contributed by atoms with Gasteiger partial charge in [-0.15, -0.1) is 0 Å². The van der Waals surface area contributed by atoms with Crippen molar-refractivity contribution in [3.8, 4) is 18.2 Å². The van der Waals surface area contributed by atoms with Gasteiger partial charge in [-0.3, -0.25) is 5.41 Å². The van der Waals surface area contributed by atoms with Crippen molar-refractivity contribution >= 4 is 17.0 Å². The molecule has 4 heteroatoms. The molecule has 21 heavy (non-hydrogen) atoms. The summed E-state index contributed by atoms with van der Waals surface area (Å²) in [7, 11) is 0. The number of nitrogens with zero attached hydrogens (tertiary/aromatic N) is 3. The Hall–Kier alpha value is -3.64. The van der Waals surface area contributed by atoms with Crippen LogP contribution in [0.15, 0.2) is 53.6 Å². The molecule has 1 N–H and O–H groups in total. The Labute approximate surface area is 122 Å². The first kappa shape index (κ1) is 13.8. The number of nitriles is 3. The molecule has 1 aromatic rings. The predicted molar refractivity (Wildman–Crippen MR) is 78.6 cm³/mol. The van der Waals surface area contributed by atoms with Gasteiger partial charge in [-0.2, -0.15) is 15.8 Å². The molecule has 0 saturated carbocycles. The van der Waals surface area contributed by atoms with Crippen molar-refractivity contribution in [3.05, 3.63) is 64.8 Å². The van der Waals surface area contributed by atoms with Crippen LogP contribution in [0.1, 0.15) is 11.1 Å². The lowest BCUT2D eigenvalue weighted by Crippen LogP contribution is -1.83. The van der Waals surface area contributed by atoms with Crippen molar-refractivity contribution in [1.82, 2.24) is 0 Å². The van der Waals surface area contributed by atoms with Crippen LogP contribution in [0, 0.1) is 39.4 Å². The number of hydrogen-bond acceptors (Lipinski definition) is 4. The van der Waals surface area contributed by atoms with Gasteiger partial charge in [-0.1, -0.05) is 24.3 Å². The minimum atomic E-state index is 0.0143. The zero-order valence-corrected chi connectivity index (χ0v) is 10.9. The van der Waals surface area contributed by atoms with E-state index in [1.165, 1.54) is 6.08 Å². The molecule has 0 saturated heterocycles. The van der Waals surface area contributed by atoms with E-state index in [1.807, 2.05) is 42.5 Å². The van der Waals surface area contributed by atoms with Crippen molar-refractivity contribution < 1.29 is 0 Å². The monoisotopic (exact) mass is 268 g/mol. The zero-order valence-electron chi connectivity index (χ0n) is 10.9. The van der Waals surface area contributed by atoms with E-state index in [0.717, 1.165) is 22.3 Å².